The normalized spacial score (nSPS) is 17.9. The maximum absolute atomic E-state index is 11.9. The van der Waals surface area contributed by atoms with Crippen molar-refractivity contribution in [3.05, 3.63) is 29.3 Å². The lowest BCUT2D eigenvalue weighted by molar-refractivity contribution is -0.914. The number of piperazine rings is 1. The monoisotopic (exact) mass is 296 g/mol. The van der Waals surface area contributed by atoms with E-state index in [9.17, 15) is 4.79 Å². The van der Waals surface area contributed by atoms with E-state index in [-0.39, 0.29) is 11.9 Å². The quantitative estimate of drug-likeness (QED) is 0.852. The number of amides is 1. The summed E-state index contributed by atoms with van der Waals surface area (Å²) in [4.78, 5) is 15.6. The highest BCUT2D eigenvalue weighted by atomic mass is 35.5. The highest BCUT2D eigenvalue weighted by Gasteiger charge is 2.28. The summed E-state index contributed by atoms with van der Waals surface area (Å²) in [5, 5.41) is 3.67. The van der Waals surface area contributed by atoms with Crippen LogP contribution in [0.4, 0.5) is 5.69 Å². The van der Waals surface area contributed by atoms with Gasteiger partial charge in [0.2, 0.25) is 0 Å². The summed E-state index contributed by atoms with van der Waals surface area (Å²) in [6.45, 7) is 8.53. The fourth-order valence-corrected chi connectivity index (χ4v) is 2.86. The van der Waals surface area contributed by atoms with Gasteiger partial charge in [-0.2, -0.15) is 0 Å². The Morgan fingerprint density at radius 3 is 2.75 bits per heavy atom. The van der Waals surface area contributed by atoms with Crippen LogP contribution in [0.2, 0.25) is 5.02 Å². The van der Waals surface area contributed by atoms with Crippen molar-refractivity contribution in [2.24, 2.45) is 0 Å². The van der Waals surface area contributed by atoms with Crippen LogP contribution >= 0.6 is 11.6 Å². The van der Waals surface area contributed by atoms with Gasteiger partial charge in [0.1, 0.15) is 0 Å². The molecule has 1 aliphatic heterocycles. The Hall–Kier alpha value is -1.26. The van der Waals surface area contributed by atoms with Crippen molar-refractivity contribution in [1.29, 1.82) is 0 Å². The third-order valence-electron chi connectivity index (χ3n) is 3.94. The standard InChI is InChI=1S/C15H22ClN3O/c1-3-17-15(20)12(2)18-7-9-19(10-8-18)14-6-4-5-13(16)11-14/h4-6,11-12H,3,7-10H2,1-2H3,(H,17,20)/p+1/t12-/m1/s1. The fraction of sp³-hybridized carbons (Fsp3) is 0.533. The van der Waals surface area contributed by atoms with Crippen molar-refractivity contribution < 1.29 is 9.69 Å². The van der Waals surface area contributed by atoms with Crippen LogP contribution in [0.15, 0.2) is 24.3 Å². The smallest absolute Gasteiger partial charge is 0.278 e. The number of carbonyl (C=O) groups excluding carboxylic acids is 1. The van der Waals surface area contributed by atoms with Gasteiger partial charge in [0.15, 0.2) is 6.04 Å². The van der Waals surface area contributed by atoms with E-state index in [1.165, 1.54) is 10.6 Å². The Morgan fingerprint density at radius 1 is 1.45 bits per heavy atom. The third-order valence-corrected chi connectivity index (χ3v) is 4.17. The minimum atomic E-state index is 0.0245. The number of halogens is 1. The van der Waals surface area contributed by atoms with Gasteiger partial charge in [-0.15, -0.1) is 0 Å². The molecule has 5 heteroatoms. The maximum Gasteiger partial charge on any atom is 0.278 e. The summed E-state index contributed by atoms with van der Waals surface area (Å²) >= 11 is 6.03. The molecule has 1 aromatic rings. The molecular weight excluding hydrogens is 274 g/mol. The van der Waals surface area contributed by atoms with E-state index in [1.807, 2.05) is 32.0 Å². The second-order valence-electron chi connectivity index (χ2n) is 5.24. The summed E-state index contributed by atoms with van der Waals surface area (Å²) in [5.41, 5.74) is 1.17. The number of likely N-dealkylation sites (N-methyl/N-ethyl adjacent to an activating group) is 1. The van der Waals surface area contributed by atoms with Crippen molar-refractivity contribution in [3.8, 4) is 0 Å². The van der Waals surface area contributed by atoms with Gasteiger partial charge < -0.3 is 15.1 Å². The van der Waals surface area contributed by atoms with Crippen LogP contribution in [0.1, 0.15) is 13.8 Å². The largest absolute Gasteiger partial charge is 0.360 e. The van der Waals surface area contributed by atoms with E-state index in [4.69, 9.17) is 11.6 Å². The zero-order valence-corrected chi connectivity index (χ0v) is 12.9. The van der Waals surface area contributed by atoms with Crippen LogP contribution in [0.5, 0.6) is 0 Å². The van der Waals surface area contributed by atoms with Gasteiger partial charge in [0, 0.05) is 17.3 Å². The average molecular weight is 297 g/mol. The number of nitrogens with zero attached hydrogens (tertiary/aromatic N) is 1. The Morgan fingerprint density at radius 2 is 2.15 bits per heavy atom. The zero-order valence-electron chi connectivity index (χ0n) is 12.2. The topological polar surface area (TPSA) is 36.8 Å². The molecule has 2 rings (SSSR count). The fourth-order valence-electron chi connectivity index (χ4n) is 2.67. The highest BCUT2D eigenvalue weighted by molar-refractivity contribution is 6.30. The average Bonchev–Trinajstić information content (AvgIpc) is 2.47. The van der Waals surface area contributed by atoms with Gasteiger partial charge in [-0.3, -0.25) is 4.79 Å². The lowest BCUT2D eigenvalue weighted by Gasteiger charge is -2.36. The van der Waals surface area contributed by atoms with Crippen molar-refractivity contribution in [2.75, 3.05) is 37.6 Å². The van der Waals surface area contributed by atoms with Crippen LogP contribution in [0.25, 0.3) is 0 Å². The minimum absolute atomic E-state index is 0.0245. The molecule has 1 heterocycles. The number of hydrogen-bond acceptors (Lipinski definition) is 2. The van der Waals surface area contributed by atoms with Crippen LogP contribution in [-0.2, 0) is 4.79 Å². The van der Waals surface area contributed by atoms with Crippen molar-refractivity contribution in [2.45, 2.75) is 19.9 Å². The van der Waals surface area contributed by atoms with Gasteiger partial charge in [0.05, 0.1) is 26.2 Å². The first-order valence-electron chi connectivity index (χ1n) is 7.24. The molecule has 0 unspecified atom stereocenters. The highest BCUT2D eigenvalue weighted by Crippen LogP contribution is 2.19. The van der Waals surface area contributed by atoms with Gasteiger partial charge in [-0.25, -0.2) is 0 Å². The van der Waals surface area contributed by atoms with E-state index in [1.54, 1.807) is 0 Å². The van der Waals surface area contributed by atoms with E-state index in [2.05, 4.69) is 16.3 Å². The van der Waals surface area contributed by atoms with Crippen LogP contribution in [0.3, 0.4) is 0 Å². The molecule has 1 amide bonds. The molecule has 0 saturated carbocycles. The van der Waals surface area contributed by atoms with E-state index in [0.29, 0.717) is 6.54 Å². The van der Waals surface area contributed by atoms with Crippen LogP contribution in [0, 0.1) is 0 Å². The summed E-state index contributed by atoms with van der Waals surface area (Å²) in [5.74, 6) is 0.152. The van der Waals surface area contributed by atoms with Gasteiger partial charge in [0.25, 0.3) is 5.91 Å². The Balaban J connectivity index is 1.90. The Labute approximate surface area is 125 Å². The number of anilines is 1. The molecular formula is C15H23ClN3O+. The van der Waals surface area contributed by atoms with Crippen LogP contribution in [-0.4, -0.2) is 44.7 Å². The summed E-state index contributed by atoms with van der Waals surface area (Å²) in [7, 11) is 0. The number of rotatable bonds is 4. The van der Waals surface area contributed by atoms with Gasteiger partial charge >= 0.3 is 0 Å². The minimum Gasteiger partial charge on any atom is -0.360 e. The lowest BCUT2D eigenvalue weighted by atomic mass is 10.2. The zero-order chi connectivity index (χ0) is 14.5. The molecule has 20 heavy (non-hydrogen) atoms. The molecule has 1 saturated heterocycles. The number of quaternary nitrogens is 1. The first-order valence-corrected chi connectivity index (χ1v) is 7.62. The first-order chi connectivity index (χ1) is 9.61. The molecule has 1 fully saturated rings. The molecule has 2 N–H and O–H groups in total. The second-order valence-corrected chi connectivity index (χ2v) is 5.68. The molecule has 1 aliphatic rings. The summed E-state index contributed by atoms with van der Waals surface area (Å²) in [6, 6.07) is 7.98. The van der Waals surface area contributed by atoms with E-state index >= 15 is 0 Å². The van der Waals surface area contributed by atoms with E-state index in [0.717, 1.165) is 31.2 Å². The van der Waals surface area contributed by atoms with Gasteiger partial charge in [-0.1, -0.05) is 17.7 Å². The molecule has 0 aliphatic carbocycles. The first kappa shape index (κ1) is 15.1. The van der Waals surface area contributed by atoms with Gasteiger partial charge in [-0.05, 0) is 32.0 Å². The van der Waals surface area contributed by atoms with Crippen molar-refractivity contribution in [3.63, 3.8) is 0 Å². The molecule has 1 aromatic carbocycles. The maximum atomic E-state index is 11.9. The number of hydrogen-bond donors (Lipinski definition) is 2. The SMILES string of the molecule is CCNC(=O)[C@@H](C)[NH+]1CCN(c2cccc(Cl)c2)CC1. The number of nitrogens with one attached hydrogen (secondary N) is 2. The summed E-state index contributed by atoms with van der Waals surface area (Å²) in [6.07, 6.45) is 0. The predicted octanol–water partition coefficient (Wildman–Crippen LogP) is 0.570. The van der Waals surface area contributed by atoms with Crippen molar-refractivity contribution >= 4 is 23.2 Å². The van der Waals surface area contributed by atoms with Crippen molar-refractivity contribution in [1.82, 2.24) is 5.32 Å². The number of benzene rings is 1. The van der Waals surface area contributed by atoms with E-state index < -0.39 is 0 Å². The molecule has 110 valence electrons. The molecule has 1 atom stereocenters. The molecule has 0 aromatic heterocycles. The third kappa shape index (κ3) is 3.64. The molecule has 4 nitrogen and oxygen atoms in total. The summed E-state index contributed by atoms with van der Waals surface area (Å²) < 4.78 is 0. The Kier molecular flexibility index (Phi) is 5.26. The molecule has 0 spiro atoms. The predicted molar refractivity (Wildman–Crippen MR) is 82.5 cm³/mol. The second kappa shape index (κ2) is 6.95. The number of carbonyl (C=O) groups is 1. The molecule has 0 radical (unpaired) electrons. The Bertz CT molecular complexity index is 458. The van der Waals surface area contributed by atoms with Crippen LogP contribution < -0.4 is 15.1 Å². The molecule has 0 bridgehead atoms. The lowest BCUT2D eigenvalue weighted by Crippen LogP contribution is -3.19.